The van der Waals surface area contributed by atoms with Gasteiger partial charge in [0.2, 0.25) is 0 Å². The highest BCUT2D eigenvalue weighted by atomic mass is 79.9. The molecular formula is C12H16BrNO. The lowest BCUT2D eigenvalue weighted by molar-refractivity contribution is 0.0979. The van der Waals surface area contributed by atoms with Crippen LogP contribution in [0.15, 0.2) is 22.7 Å². The van der Waals surface area contributed by atoms with Crippen LogP contribution in [0.4, 0.5) is 5.69 Å². The van der Waals surface area contributed by atoms with E-state index in [4.69, 9.17) is 5.73 Å². The molecule has 0 saturated carbocycles. The number of benzene rings is 1. The molecule has 3 heteroatoms. The van der Waals surface area contributed by atoms with Crippen molar-refractivity contribution in [1.82, 2.24) is 0 Å². The topological polar surface area (TPSA) is 43.1 Å². The van der Waals surface area contributed by atoms with E-state index in [-0.39, 0.29) is 5.78 Å². The van der Waals surface area contributed by atoms with Crippen LogP contribution in [-0.2, 0) is 0 Å². The number of nitrogens with two attached hydrogens (primary N) is 1. The van der Waals surface area contributed by atoms with Crippen LogP contribution in [0.25, 0.3) is 0 Å². The molecule has 0 radical (unpaired) electrons. The van der Waals surface area contributed by atoms with E-state index in [9.17, 15) is 4.79 Å². The average molecular weight is 270 g/mol. The molecule has 0 atom stereocenters. The van der Waals surface area contributed by atoms with Gasteiger partial charge in [0.25, 0.3) is 0 Å². The molecular weight excluding hydrogens is 254 g/mol. The second-order valence-corrected chi connectivity index (χ2v) is 4.57. The molecule has 0 bridgehead atoms. The van der Waals surface area contributed by atoms with Crippen LogP contribution in [0.5, 0.6) is 0 Å². The summed E-state index contributed by atoms with van der Waals surface area (Å²) in [5.41, 5.74) is 7.00. The van der Waals surface area contributed by atoms with Crippen LogP contribution < -0.4 is 5.73 Å². The minimum atomic E-state index is 0.177. The van der Waals surface area contributed by atoms with Gasteiger partial charge in [0, 0.05) is 22.1 Å². The van der Waals surface area contributed by atoms with E-state index in [2.05, 4.69) is 22.9 Å². The van der Waals surface area contributed by atoms with Crippen LogP contribution in [0.1, 0.15) is 43.0 Å². The van der Waals surface area contributed by atoms with E-state index >= 15 is 0 Å². The van der Waals surface area contributed by atoms with Gasteiger partial charge in [-0.05, 0) is 24.6 Å². The number of nitrogen functional groups attached to an aromatic ring is 1. The van der Waals surface area contributed by atoms with Crippen molar-refractivity contribution in [2.45, 2.75) is 32.6 Å². The zero-order valence-electron chi connectivity index (χ0n) is 8.92. The van der Waals surface area contributed by atoms with E-state index in [1.54, 1.807) is 12.1 Å². The van der Waals surface area contributed by atoms with E-state index < -0.39 is 0 Å². The summed E-state index contributed by atoms with van der Waals surface area (Å²) in [6.45, 7) is 2.13. The molecule has 1 aromatic carbocycles. The Kier molecular flexibility index (Phi) is 4.82. The van der Waals surface area contributed by atoms with Gasteiger partial charge in [0.15, 0.2) is 5.78 Å². The van der Waals surface area contributed by atoms with Gasteiger partial charge in [-0.3, -0.25) is 4.79 Å². The molecule has 0 saturated heterocycles. The van der Waals surface area contributed by atoms with Gasteiger partial charge in [-0.25, -0.2) is 0 Å². The summed E-state index contributed by atoms with van der Waals surface area (Å²) in [4.78, 5) is 11.7. The minimum absolute atomic E-state index is 0.177. The molecule has 0 spiro atoms. The van der Waals surface area contributed by atoms with Gasteiger partial charge in [0.1, 0.15) is 0 Å². The Balaban J connectivity index is 2.65. The third-order valence-corrected chi connectivity index (χ3v) is 2.71. The summed E-state index contributed by atoms with van der Waals surface area (Å²) in [5.74, 6) is 0.177. The number of ketones is 1. The predicted octanol–water partition coefficient (Wildman–Crippen LogP) is 3.79. The average Bonchev–Trinajstić information content (AvgIpc) is 2.16. The first-order valence-corrected chi connectivity index (χ1v) is 6.02. The summed E-state index contributed by atoms with van der Waals surface area (Å²) >= 11 is 3.33. The van der Waals surface area contributed by atoms with Gasteiger partial charge in [-0.2, -0.15) is 0 Å². The first-order chi connectivity index (χ1) is 7.13. The summed E-state index contributed by atoms with van der Waals surface area (Å²) in [7, 11) is 0. The molecule has 15 heavy (non-hydrogen) atoms. The van der Waals surface area contributed by atoms with E-state index in [1.165, 1.54) is 0 Å². The van der Waals surface area contributed by atoms with Crippen LogP contribution >= 0.6 is 15.9 Å². The highest BCUT2D eigenvalue weighted by Gasteiger charge is 2.06. The molecule has 0 fully saturated rings. The molecule has 1 aromatic rings. The number of hydrogen-bond donors (Lipinski definition) is 1. The van der Waals surface area contributed by atoms with E-state index in [1.807, 2.05) is 6.07 Å². The van der Waals surface area contributed by atoms with E-state index in [0.29, 0.717) is 17.7 Å². The number of unbranched alkanes of at least 4 members (excludes halogenated alkanes) is 2. The molecule has 0 aliphatic heterocycles. The fourth-order valence-corrected chi connectivity index (χ4v) is 1.96. The van der Waals surface area contributed by atoms with Gasteiger partial charge in [0.05, 0.1) is 0 Å². The summed E-state index contributed by atoms with van der Waals surface area (Å²) in [5, 5.41) is 0. The molecule has 0 amide bonds. The molecule has 0 unspecified atom stereocenters. The van der Waals surface area contributed by atoms with Crippen molar-refractivity contribution >= 4 is 27.4 Å². The molecule has 0 heterocycles. The number of hydrogen-bond acceptors (Lipinski definition) is 2. The maximum absolute atomic E-state index is 11.7. The quantitative estimate of drug-likeness (QED) is 0.502. The van der Waals surface area contributed by atoms with Crippen molar-refractivity contribution in [3.8, 4) is 0 Å². The second kappa shape index (κ2) is 5.91. The number of carbonyl (C=O) groups is 1. The van der Waals surface area contributed by atoms with Crippen molar-refractivity contribution < 1.29 is 4.79 Å². The molecule has 0 aromatic heterocycles. The van der Waals surface area contributed by atoms with Crippen molar-refractivity contribution in [3.05, 3.63) is 28.2 Å². The maximum atomic E-state index is 11.7. The third kappa shape index (κ3) is 4.04. The highest BCUT2D eigenvalue weighted by Crippen LogP contribution is 2.19. The smallest absolute Gasteiger partial charge is 0.162 e. The van der Waals surface area contributed by atoms with E-state index in [0.717, 1.165) is 23.7 Å². The predicted molar refractivity (Wildman–Crippen MR) is 67.0 cm³/mol. The van der Waals surface area contributed by atoms with Gasteiger partial charge >= 0.3 is 0 Å². The molecule has 82 valence electrons. The first-order valence-electron chi connectivity index (χ1n) is 5.22. The largest absolute Gasteiger partial charge is 0.399 e. The molecule has 0 aliphatic rings. The number of carbonyl (C=O) groups excluding carboxylic acids is 1. The SMILES string of the molecule is CCCCCC(=O)c1cc(N)cc(Br)c1. The lowest BCUT2D eigenvalue weighted by Gasteiger charge is -2.03. The lowest BCUT2D eigenvalue weighted by Crippen LogP contribution is -2.00. The Bertz CT molecular complexity index is 329. The van der Waals surface area contributed by atoms with Gasteiger partial charge < -0.3 is 5.73 Å². The number of halogens is 1. The van der Waals surface area contributed by atoms with Gasteiger partial charge in [-0.1, -0.05) is 35.7 Å². The Labute approximate surface area is 99.0 Å². The van der Waals surface area contributed by atoms with Crippen molar-refractivity contribution in [1.29, 1.82) is 0 Å². The van der Waals surface area contributed by atoms with Crippen LogP contribution in [0, 0.1) is 0 Å². The van der Waals surface area contributed by atoms with Crippen molar-refractivity contribution in [2.24, 2.45) is 0 Å². The minimum Gasteiger partial charge on any atom is -0.399 e. The van der Waals surface area contributed by atoms with Crippen LogP contribution in [-0.4, -0.2) is 5.78 Å². The van der Waals surface area contributed by atoms with Gasteiger partial charge in [-0.15, -0.1) is 0 Å². The summed E-state index contributed by atoms with van der Waals surface area (Å²) in [6, 6.07) is 5.35. The number of anilines is 1. The van der Waals surface area contributed by atoms with Crippen LogP contribution in [0.3, 0.4) is 0 Å². The Morgan fingerprint density at radius 3 is 2.67 bits per heavy atom. The molecule has 2 N–H and O–H groups in total. The third-order valence-electron chi connectivity index (χ3n) is 2.25. The Hall–Kier alpha value is -0.830. The van der Waals surface area contributed by atoms with Crippen LogP contribution in [0.2, 0.25) is 0 Å². The lowest BCUT2D eigenvalue weighted by atomic mass is 10.0. The standard InChI is InChI=1S/C12H16BrNO/c1-2-3-4-5-12(15)9-6-10(13)8-11(14)7-9/h6-8H,2-5,14H2,1H3. The second-order valence-electron chi connectivity index (χ2n) is 3.65. The summed E-state index contributed by atoms with van der Waals surface area (Å²) in [6.07, 6.45) is 3.81. The number of rotatable bonds is 5. The molecule has 0 aliphatic carbocycles. The molecule has 1 rings (SSSR count). The number of Topliss-reactive ketones (excluding diaryl/α,β-unsaturated/α-hetero) is 1. The Morgan fingerprint density at radius 2 is 2.07 bits per heavy atom. The maximum Gasteiger partial charge on any atom is 0.162 e. The van der Waals surface area contributed by atoms with Crippen molar-refractivity contribution in [3.63, 3.8) is 0 Å². The zero-order valence-corrected chi connectivity index (χ0v) is 10.5. The molecule has 2 nitrogen and oxygen atoms in total. The van der Waals surface area contributed by atoms with Crippen molar-refractivity contribution in [2.75, 3.05) is 5.73 Å². The zero-order chi connectivity index (χ0) is 11.3. The Morgan fingerprint density at radius 1 is 1.33 bits per heavy atom. The summed E-state index contributed by atoms with van der Waals surface area (Å²) < 4.78 is 0.862. The fraction of sp³-hybridized carbons (Fsp3) is 0.417. The first kappa shape index (κ1) is 12.2. The normalized spacial score (nSPS) is 10.3. The fourth-order valence-electron chi connectivity index (χ4n) is 1.45. The monoisotopic (exact) mass is 269 g/mol. The highest BCUT2D eigenvalue weighted by molar-refractivity contribution is 9.10.